The first-order valence-corrected chi connectivity index (χ1v) is 9.06. The van der Waals surface area contributed by atoms with Crippen LogP contribution in [0.1, 0.15) is 22.3 Å². The fourth-order valence-electron chi connectivity index (χ4n) is 3.24. The molecule has 6 heteroatoms. The molecule has 5 nitrogen and oxygen atoms in total. The molecule has 0 radical (unpaired) electrons. The summed E-state index contributed by atoms with van der Waals surface area (Å²) in [6.45, 7) is 1.21. The van der Waals surface area contributed by atoms with Crippen molar-refractivity contribution >= 4 is 17.5 Å². The molecule has 2 atom stereocenters. The zero-order valence-electron chi connectivity index (χ0n) is 14.4. The van der Waals surface area contributed by atoms with Gasteiger partial charge in [-0.25, -0.2) is 0 Å². The Kier molecular flexibility index (Phi) is 5.94. The first-order valence-electron chi connectivity index (χ1n) is 8.68. The van der Waals surface area contributed by atoms with Crippen LogP contribution in [0.4, 0.5) is 0 Å². The number of hydrogen-bond donors (Lipinski definition) is 3. The molecule has 3 N–H and O–H groups in total. The first-order chi connectivity index (χ1) is 12.5. The van der Waals surface area contributed by atoms with E-state index in [0.717, 1.165) is 5.56 Å². The van der Waals surface area contributed by atoms with E-state index in [2.05, 4.69) is 5.32 Å². The van der Waals surface area contributed by atoms with E-state index in [1.165, 1.54) is 0 Å². The van der Waals surface area contributed by atoms with E-state index in [0.29, 0.717) is 30.1 Å². The number of carbonyl (C=O) groups excluding carboxylic acids is 1. The molecule has 1 amide bonds. The van der Waals surface area contributed by atoms with Crippen molar-refractivity contribution in [2.75, 3.05) is 19.6 Å². The minimum atomic E-state index is -1.39. The lowest BCUT2D eigenvalue weighted by atomic mass is 9.89. The molecule has 1 fully saturated rings. The number of nitrogens with one attached hydrogen (secondary N) is 1. The van der Waals surface area contributed by atoms with Gasteiger partial charge in [-0.15, -0.1) is 0 Å². The van der Waals surface area contributed by atoms with Gasteiger partial charge in [-0.05, 0) is 36.2 Å². The van der Waals surface area contributed by atoms with Crippen LogP contribution in [0.25, 0.3) is 0 Å². The highest BCUT2D eigenvalue weighted by atomic mass is 35.5. The number of nitrogens with zero attached hydrogens (tertiary/aromatic N) is 1. The van der Waals surface area contributed by atoms with Crippen molar-refractivity contribution in [3.63, 3.8) is 0 Å². The maximum atomic E-state index is 12.6. The minimum Gasteiger partial charge on any atom is -0.390 e. The van der Waals surface area contributed by atoms with Crippen molar-refractivity contribution in [2.45, 2.75) is 24.7 Å². The average Bonchev–Trinajstić information content (AvgIpc) is 2.64. The van der Waals surface area contributed by atoms with Gasteiger partial charge in [0.05, 0.1) is 12.6 Å². The standard InChI is InChI=1S/C20H23ClN2O3/c21-17-8-4-5-15(11-17)12-22-13-20(26)14-23(10-9-18(20)24)19(25)16-6-2-1-3-7-16/h1-8,11,18,22,24,26H,9-10,12-14H2/t18-,20+/m0/s1. The third-order valence-corrected chi connectivity index (χ3v) is 4.95. The second-order valence-electron chi connectivity index (χ2n) is 6.73. The number of rotatable bonds is 5. The molecule has 1 aliphatic rings. The summed E-state index contributed by atoms with van der Waals surface area (Å²) in [7, 11) is 0. The Morgan fingerprint density at radius 3 is 2.73 bits per heavy atom. The summed E-state index contributed by atoms with van der Waals surface area (Å²) in [6.07, 6.45) is -0.539. The number of halogens is 1. The molecule has 3 rings (SSSR count). The highest BCUT2D eigenvalue weighted by molar-refractivity contribution is 6.30. The molecule has 0 unspecified atom stereocenters. The maximum Gasteiger partial charge on any atom is 0.253 e. The third-order valence-electron chi connectivity index (χ3n) is 4.71. The van der Waals surface area contributed by atoms with Crippen molar-refractivity contribution in [3.05, 3.63) is 70.7 Å². The molecule has 0 aliphatic carbocycles. The van der Waals surface area contributed by atoms with E-state index >= 15 is 0 Å². The summed E-state index contributed by atoms with van der Waals surface area (Å²) in [5.74, 6) is -0.134. The Morgan fingerprint density at radius 1 is 1.23 bits per heavy atom. The largest absolute Gasteiger partial charge is 0.390 e. The summed E-state index contributed by atoms with van der Waals surface area (Å²) in [4.78, 5) is 14.2. The van der Waals surface area contributed by atoms with Gasteiger partial charge in [0.2, 0.25) is 0 Å². The van der Waals surface area contributed by atoms with E-state index in [9.17, 15) is 15.0 Å². The minimum absolute atomic E-state index is 0.0877. The lowest BCUT2D eigenvalue weighted by Gasteiger charge is -2.42. The molecule has 0 saturated carbocycles. The molecule has 0 bridgehead atoms. The number of aliphatic hydroxyl groups is 2. The predicted molar refractivity (Wildman–Crippen MR) is 101 cm³/mol. The lowest BCUT2D eigenvalue weighted by Crippen LogP contribution is -2.62. The summed E-state index contributed by atoms with van der Waals surface area (Å²) < 4.78 is 0. The van der Waals surface area contributed by atoms with Crippen LogP contribution in [0.5, 0.6) is 0 Å². The summed E-state index contributed by atoms with van der Waals surface area (Å²) in [5.41, 5.74) is 0.183. The second-order valence-corrected chi connectivity index (χ2v) is 7.17. The molecule has 2 aromatic rings. The SMILES string of the molecule is O=C(c1ccccc1)N1CC[C@H](O)[C@@](O)(CNCc2cccc(Cl)c2)C1. The van der Waals surface area contributed by atoms with Gasteiger partial charge in [0, 0.05) is 30.2 Å². The molecule has 26 heavy (non-hydrogen) atoms. The molecule has 1 aliphatic heterocycles. The highest BCUT2D eigenvalue weighted by Gasteiger charge is 2.42. The van der Waals surface area contributed by atoms with E-state index in [-0.39, 0.29) is 19.0 Å². The smallest absolute Gasteiger partial charge is 0.253 e. The summed E-state index contributed by atoms with van der Waals surface area (Å²) in [5, 5.41) is 25.0. The van der Waals surface area contributed by atoms with E-state index in [4.69, 9.17) is 11.6 Å². The van der Waals surface area contributed by atoms with Crippen molar-refractivity contribution in [1.82, 2.24) is 10.2 Å². The molecular weight excluding hydrogens is 352 g/mol. The third kappa shape index (κ3) is 4.43. The number of likely N-dealkylation sites (tertiary alicyclic amines) is 1. The fourth-order valence-corrected chi connectivity index (χ4v) is 3.46. The lowest BCUT2D eigenvalue weighted by molar-refractivity contribution is -0.111. The van der Waals surface area contributed by atoms with Crippen molar-refractivity contribution < 1.29 is 15.0 Å². The fraction of sp³-hybridized carbons (Fsp3) is 0.350. The predicted octanol–water partition coefficient (Wildman–Crippen LogP) is 2.07. The van der Waals surface area contributed by atoms with Gasteiger partial charge in [0.1, 0.15) is 5.60 Å². The topological polar surface area (TPSA) is 72.8 Å². The quantitative estimate of drug-likeness (QED) is 0.749. The Hall–Kier alpha value is -1.92. The Labute approximate surface area is 158 Å². The number of amides is 1. The highest BCUT2D eigenvalue weighted by Crippen LogP contribution is 2.23. The molecule has 138 valence electrons. The number of piperidine rings is 1. The van der Waals surface area contributed by atoms with E-state index in [1.54, 1.807) is 23.1 Å². The van der Waals surface area contributed by atoms with Crippen LogP contribution in [-0.2, 0) is 6.54 Å². The van der Waals surface area contributed by atoms with Crippen molar-refractivity contribution in [2.24, 2.45) is 0 Å². The van der Waals surface area contributed by atoms with Gasteiger partial charge in [-0.2, -0.15) is 0 Å². The Morgan fingerprint density at radius 2 is 2.00 bits per heavy atom. The average molecular weight is 375 g/mol. The number of benzene rings is 2. The van der Waals surface area contributed by atoms with Crippen molar-refractivity contribution in [1.29, 1.82) is 0 Å². The summed E-state index contributed by atoms with van der Waals surface area (Å²) >= 11 is 5.97. The van der Waals surface area contributed by atoms with Crippen LogP contribution >= 0.6 is 11.6 Å². The van der Waals surface area contributed by atoms with Crippen LogP contribution in [0.3, 0.4) is 0 Å². The normalized spacial score (nSPS) is 23.0. The van der Waals surface area contributed by atoms with Crippen molar-refractivity contribution in [3.8, 4) is 0 Å². The van der Waals surface area contributed by atoms with Gasteiger partial charge in [0.25, 0.3) is 5.91 Å². The molecular formula is C20H23ClN2O3. The molecule has 2 aromatic carbocycles. The number of β-amino-alcohol motifs (C(OH)–C–C–N with tert-alkyl or cyclic N) is 1. The van der Waals surface area contributed by atoms with Crippen LogP contribution in [0.15, 0.2) is 54.6 Å². The zero-order chi connectivity index (χ0) is 18.6. The Balaban J connectivity index is 1.62. The van der Waals surface area contributed by atoms with Gasteiger partial charge in [-0.3, -0.25) is 4.79 Å². The van der Waals surface area contributed by atoms with Gasteiger partial charge in [-0.1, -0.05) is 41.9 Å². The zero-order valence-corrected chi connectivity index (χ0v) is 15.2. The Bertz CT molecular complexity index is 756. The maximum absolute atomic E-state index is 12.6. The van der Waals surface area contributed by atoms with Gasteiger partial charge < -0.3 is 20.4 Å². The van der Waals surface area contributed by atoms with Gasteiger partial charge >= 0.3 is 0 Å². The molecule has 0 spiro atoms. The molecule has 1 heterocycles. The number of hydrogen-bond acceptors (Lipinski definition) is 4. The molecule has 0 aromatic heterocycles. The van der Waals surface area contributed by atoms with Crippen LogP contribution in [0, 0.1) is 0 Å². The number of aliphatic hydroxyl groups excluding tert-OH is 1. The van der Waals surface area contributed by atoms with Crippen LogP contribution in [0.2, 0.25) is 5.02 Å². The summed E-state index contributed by atoms with van der Waals surface area (Å²) in [6, 6.07) is 16.4. The van der Waals surface area contributed by atoms with Crippen LogP contribution in [-0.4, -0.2) is 52.4 Å². The molecule has 1 saturated heterocycles. The van der Waals surface area contributed by atoms with E-state index < -0.39 is 11.7 Å². The van der Waals surface area contributed by atoms with Crippen LogP contribution < -0.4 is 5.32 Å². The van der Waals surface area contributed by atoms with E-state index in [1.807, 2.05) is 36.4 Å². The first kappa shape index (κ1) is 18.9. The number of carbonyl (C=O) groups is 1. The van der Waals surface area contributed by atoms with Gasteiger partial charge in [0.15, 0.2) is 0 Å². The monoisotopic (exact) mass is 374 g/mol. The second kappa shape index (κ2) is 8.18.